The third-order valence-corrected chi connectivity index (χ3v) is 3.52. The number of piperidine rings is 1. The van der Waals surface area contributed by atoms with Gasteiger partial charge >= 0.3 is 12.0 Å². The number of carbonyl (C=O) groups is 2. The van der Waals surface area contributed by atoms with Gasteiger partial charge in [-0.3, -0.25) is 4.79 Å². The summed E-state index contributed by atoms with van der Waals surface area (Å²) in [7, 11) is 0. The van der Waals surface area contributed by atoms with Crippen LogP contribution in [0.15, 0.2) is 0 Å². The topological polar surface area (TPSA) is 69.6 Å². The van der Waals surface area contributed by atoms with E-state index in [-0.39, 0.29) is 6.03 Å². The first kappa shape index (κ1) is 13.8. The molecular weight excluding hydrogens is 220 g/mol. The first-order chi connectivity index (χ1) is 8.05. The van der Waals surface area contributed by atoms with E-state index in [1.54, 1.807) is 4.90 Å². The molecule has 1 saturated heterocycles. The summed E-state index contributed by atoms with van der Waals surface area (Å²) in [5.74, 6) is -0.713. The summed E-state index contributed by atoms with van der Waals surface area (Å²) in [5, 5.41) is 12.1. The summed E-state index contributed by atoms with van der Waals surface area (Å²) >= 11 is 0. The summed E-state index contributed by atoms with van der Waals surface area (Å²) in [6, 6.07) is -0.0806. The number of hydrogen-bond acceptors (Lipinski definition) is 2. The molecule has 0 aromatic carbocycles. The molecule has 5 heteroatoms. The van der Waals surface area contributed by atoms with Crippen molar-refractivity contribution in [2.24, 2.45) is 5.41 Å². The molecule has 0 unspecified atom stereocenters. The van der Waals surface area contributed by atoms with Crippen molar-refractivity contribution in [3.8, 4) is 0 Å². The highest BCUT2D eigenvalue weighted by molar-refractivity contribution is 5.77. The molecule has 98 valence electrons. The molecule has 0 spiro atoms. The van der Waals surface area contributed by atoms with Crippen LogP contribution < -0.4 is 5.32 Å². The van der Waals surface area contributed by atoms with E-state index >= 15 is 0 Å². The van der Waals surface area contributed by atoms with E-state index in [4.69, 9.17) is 0 Å². The molecule has 0 aromatic heterocycles. The molecule has 17 heavy (non-hydrogen) atoms. The Morgan fingerprint density at radius 3 is 2.29 bits per heavy atom. The van der Waals surface area contributed by atoms with Gasteiger partial charge in [0, 0.05) is 19.6 Å². The number of urea groups is 1. The van der Waals surface area contributed by atoms with Crippen LogP contribution in [0.3, 0.4) is 0 Å². The van der Waals surface area contributed by atoms with Crippen LogP contribution in [0.25, 0.3) is 0 Å². The molecule has 1 aliphatic rings. The van der Waals surface area contributed by atoms with Crippen molar-refractivity contribution in [1.29, 1.82) is 0 Å². The molecule has 0 aliphatic carbocycles. The van der Waals surface area contributed by atoms with Crippen molar-refractivity contribution >= 4 is 12.0 Å². The fourth-order valence-electron chi connectivity index (χ4n) is 2.45. The lowest BCUT2D eigenvalue weighted by atomic mass is 9.75. The smallest absolute Gasteiger partial charge is 0.317 e. The molecule has 0 atom stereocenters. The van der Waals surface area contributed by atoms with Gasteiger partial charge in [-0.25, -0.2) is 4.79 Å². The zero-order chi connectivity index (χ0) is 12.9. The van der Waals surface area contributed by atoms with Gasteiger partial charge in [0.2, 0.25) is 0 Å². The Hall–Kier alpha value is -1.26. The fraction of sp³-hybridized carbons (Fsp3) is 0.833. The predicted octanol–water partition coefficient (Wildman–Crippen LogP) is 1.68. The van der Waals surface area contributed by atoms with E-state index in [2.05, 4.69) is 5.32 Å². The zero-order valence-corrected chi connectivity index (χ0v) is 10.7. The average molecular weight is 242 g/mol. The Morgan fingerprint density at radius 1 is 1.29 bits per heavy atom. The molecule has 5 nitrogen and oxygen atoms in total. The van der Waals surface area contributed by atoms with E-state index in [1.165, 1.54) is 0 Å². The number of amides is 2. The lowest BCUT2D eigenvalue weighted by Gasteiger charge is -2.38. The normalized spacial score (nSPS) is 18.8. The van der Waals surface area contributed by atoms with Crippen molar-refractivity contribution in [2.75, 3.05) is 19.6 Å². The molecule has 1 aliphatic heterocycles. The van der Waals surface area contributed by atoms with Crippen LogP contribution in [0, 0.1) is 5.41 Å². The van der Waals surface area contributed by atoms with Gasteiger partial charge in [0.15, 0.2) is 0 Å². The van der Waals surface area contributed by atoms with Crippen molar-refractivity contribution in [1.82, 2.24) is 10.2 Å². The minimum atomic E-state index is -0.713. The third kappa shape index (κ3) is 3.11. The van der Waals surface area contributed by atoms with Gasteiger partial charge in [-0.05, 0) is 26.2 Å². The van der Waals surface area contributed by atoms with Gasteiger partial charge in [0.05, 0.1) is 5.41 Å². The summed E-state index contributed by atoms with van der Waals surface area (Å²) in [5.41, 5.74) is -0.613. The number of rotatable bonds is 4. The Balaban J connectivity index is 2.58. The van der Waals surface area contributed by atoms with Crippen LogP contribution in [-0.4, -0.2) is 41.6 Å². The van der Waals surface area contributed by atoms with Crippen LogP contribution >= 0.6 is 0 Å². The first-order valence-electron chi connectivity index (χ1n) is 6.32. The molecule has 0 aromatic rings. The lowest BCUT2D eigenvalue weighted by molar-refractivity contribution is -0.152. The number of carboxylic acid groups (broad SMARTS) is 1. The molecule has 1 rings (SSSR count). The number of likely N-dealkylation sites (tertiary alicyclic amines) is 1. The molecular formula is C12H22N2O3. The van der Waals surface area contributed by atoms with Crippen LogP contribution in [0.2, 0.25) is 0 Å². The number of carbonyl (C=O) groups excluding carboxylic acids is 1. The van der Waals surface area contributed by atoms with Gasteiger partial charge in [0.1, 0.15) is 0 Å². The number of carboxylic acids is 1. The second-order valence-corrected chi connectivity index (χ2v) is 4.66. The van der Waals surface area contributed by atoms with Crippen molar-refractivity contribution < 1.29 is 14.7 Å². The van der Waals surface area contributed by atoms with Crippen molar-refractivity contribution in [2.45, 2.75) is 39.5 Å². The third-order valence-electron chi connectivity index (χ3n) is 3.52. The van der Waals surface area contributed by atoms with Gasteiger partial charge in [-0.1, -0.05) is 13.3 Å². The monoisotopic (exact) mass is 242 g/mol. The maximum absolute atomic E-state index is 11.6. The van der Waals surface area contributed by atoms with Gasteiger partial charge in [-0.15, -0.1) is 0 Å². The molecule has 0 saturated carbocycles. The molecule has 0 bridgehead atoms. The number of nitrogens with zero attached hydrogens (tertiary/aromatic N) is 1. The maximum Gasteiger partial charge on any atom is 0.317 e. The highest BCUT2D eigenvalue weighted by Gasteiger charge is 2.41. The first-order valence-corrected chi connectivity index (χ1v) is 6.32. The van der Waals surface area contributed by atoms with Crippen molar-refractivity contribution in [3.05, 3.63) is 0 Å². The van der Waals surface area contributed by atoms with Crippen LogP contribution in [0.1, 0.15) is 39.5 Å². The van der Waals surface area contributed by atoms with Crippen LogP contribution in [-0.2, 0) is 4.79 Å². The van der Waals surface area contributed by atoms with Crippen LogP contribution in [0.5, 0.6) is 0 Å². The van der Waals surface area contributed by atoms with E-state index in [1.807, 2.05) is 13.8 Å². The van der Waals surface area contributed by atoms with E-state index in [0.29, 0.717) is 38.9 Å². The minimum Gasteiger partial charge on any atom is -0.481 e. The average Bonchev–Trinajstić information content (AvgIpc) is 2.30. The molecule has 1 heterocycles. The lowest BCUT2D eigenvalue weighted by Crippen LogP contribution is -2.49. The fourth-order valence-corrected chi connectivity index (χ4v) is 2.45. The standard InChI is InChI=1S/C12H22N2O3/c1-3-5-12(10(15)16)6-8-14(9-7-12)11(17)13-4-2/h3-9H2,1-2H3,(H,13,17)(H,15,16). The highest BCUT2D eigenvalue weighted by Crippen LogP contribution is 2.36. The number of hydrogen-bond donors (Lipinski definition) is 2. The van der Waals surface area contributed by atoms with Crippen molar-refractivity contribution in [3.63, 3.8) is 0 Å². The largest absolute Gasteiger partial charge is 0.481 e. The molecule has 0 radical (unpaired) electrons. The molecule has 2 N–H and O–H groups in total. The quantitative estimate of drug-likeness (QED) is 0.788. The predicted molar refractivity (Wildman–Crippen MR) is 64.9 cm³/mol. The summed E-state index contributed by atoms with van der Waals surface area (Å²) < 4.78 is 0. The Labute approximate surface area is 102 Å². The maximum atomic E-state index is 11.6. The van der Waals surface area contributed by atoms with E-state index in [9.17, 15) is 14.7 Å². The molecule has 2 amide bonds. The summed E-state index contributed by atoms with van der Waals surface area (Å²) in [6.07, 6.45) is 2.69. The Bertz CT molecular complexity index is 283. The van der Waals surface area contributed by atoms with Gasteiger partial charge in [0.25, 0.3) is 0 Å². The Morgan fingerprint density at radius 2 is 1.88 bits per heavy atom. The number of nitrogens with one attached hydrogen (secondary N) is 1. The summed E-state index contributed by atoms with van der Waals surface area (Å²) in [4.78, 5) is 24.7. The van der Waals surface area contributed by atoms with Crippen LogP contribution in [0.4, 0.5) is 4.79 Å². The highest BCUT2D eigenvalue weighted by atomic mass is 16.4. The van der Waals surface area contributed by atoms with E-state index in [0.717, 1.165) is 6.42 Å². The molecule has 1 fully saturated rings. The zero-order valence-electron chi connectivity index (χ0n) is 10.7. The second kappa shape index (κ2) is 5.89. The van der Waals surface area contributed by atoms with Gasteiger partial charge in [-0.2, -0.15) is 0 Å². The minimum absolute atomic E-state index is 0.0806. The Kier molecular flexibility index (Phi) is 4.78. The number of aliphatic carboxylic acids is 1. The second-order valence-electron chi connectivity index (χ2n) is 4.66. The summed E-state index contributed by atoms with van der Waals surface area (Å²) in [6.45, 7) is 5.56. The van der Waals surface area contributed by atoms with E-state index < -0.39 is 11.4 Å². The SMILES string of the molecule is CCCC1(C(=O)O)CCN(C(=O)NCC)CC1. The van der Waals surface area contributed by atoms with Gasteiger partial charge < -0.3 is 15.3 Å².